The quantitative estimate of drug-likeness (QED) is 0.846. The fourth-order valence-corrected chi connectivity index (χ4v) is 2.76. The number of nitrogens with two attached hydrogens (primary N) is 1. The van der Waals surface area contributed by atoms with Crippen molar-refractivity contribution in [1.29, 1.82) is 0 Å². The Labute approximate surface area is 127 Å². The lowest BCUT2D eigenvalue weighted by atomic mass is 9.90. The largest absolute Gasteiger partial charge is 0.368 e. The van der Waals surface area contributed by atoms with Crippen LogP contribution in [0.25, 0.3) is 0 Å². The maximum absolute atomic E-state index is 12.2. The van der Waals surface area contributed by atoms with Crippen molar-refractivity contribution in [2.24, 2.45) is 11.7 Å². The van der Waals surface area contributed by atoms with Crippen molar-refractivity contribution in [2.75, 3.05) is 11.9 Å². The maximum atomic E-state index is 12.2. The summed E-state index contributed by atoms with van der Waals surface area (Å²) < 4.78 is 5.75. The van der Waals surface area contributed by atoms with Gasteiger partial charge in [-0.25, -0.2) is 0 Å². The van der Waals surface area contributed by atoms with Gasteiger partial charge in [-0.05, 0) is 37.3 Å². The fraction of sp³-hybridized carbons (Fsp3) is 0.588. The molecule has 4 heteroatoms. The molecule has 2 rings (SSSR count). The van der Waals surface area contributed by atoms with E-state index in [-0.39, 0.29) is 5.91 Å². The van der Waals surface area contributed by atoms with E-state index in [0.717, 1.165) is 11.3 Å². The minimum Gasteiger partial charge on any atom is -0.368 e. The number of para-hydroxylation sites is 1. The van der Waals surface area contributed by atoms with Crippen molar-refractivity contribution < 1.29 is 9.53 Å². The van der Waals surface area contributed by atoms with Gasteiger partial charge in [0.1, 0.15) is 6.10 Å². The number of rotatable bonds is 6. The topological polar surface area (TPSA) is 64.3 Å². The first-order chi connectivity index (χ1) is 10.2. The molecule has 116 valence electrons. The number of nitrogens with one attached hydrogen (secondary N) is 1. The van der Waals surface area contributed by atoms with E-state index in [9.17, 15) is 4.79 Å². The predicted octanol–water partition coefficient (Wildman–Crippen LogP) is 3.07. The lowest BCUT2D eigenvalue weighted by Gasteiger charge is -2.23. The molecule has 1 aliphatic rings. The molecule has 0 bridgehead atoms. The summed E-state index contributed by atoms with van der Waals surface area (Å²) in [6.45, 7) is 2.91. The summed E-state index contributed by atoms with van der Waals surface area (Å²) in [7, 11) is 0. The smallest absolute Gasteiger partial charge is 0.253 e. The molecular weight excluding hydrogens is 264 g/mol. The third kappa shape index (κ3) is 4.83. The van der Waals surface area contributed by atoms with Gasteiger partial charge in [0, 0.05) is 12.2 Å². The number of carbonyl (C=O) groups excluding carboxylic acids is 1. The Hall–Kier alpha value is -1.39. The SMILES string of the molecule is CC(OCC1CCCCC1)C(=O)Nc1ccccc1CN. The first-order valence-electron chi connectivity index (χ1n) is 7.91. The van der Waals surface area contributed by atoms with Crippen LogP contribution >= 0.6 is 0 Å². The number of amides is 1. The van der Waals surface area contributed by atoms with Gasteiger partial charge < -0.3 is 15.8 Å². The third-order valence-corrected chi connectivity index (χ3v) is 4.17. The van der Waals surface area contributed by atoms with Crippen molar-refractivity contribution in [1.82, 2.24) is 0 Å². The van der Waals surface area contributed by atoms with Gasteiger partial charge in [-0.2, -0.15) is 0 Å². The van der Waals surface area contributed by atoms with Gasteiger partial charge in [0.15, 0.2) is 0 Å². The molecule has 0 saturated heterocycles. The van der Waals surface area contributed by atoms with Gasteiger partial charge in [-0.15, -0.1) is 0 Å². The molecule has 3 N–H and O–H groups in total. The van der Waals surface area contributed by atoms with E-state index >= 15 is 0 Å². The summed E-state index contributed by atoms with van der Waals surface area (Å²) in [4.78, 5) is 12.2. The Kier molecular flexibility index (Phi) is 6.21. The molecule has 0 heterocycles. The Bertz CT molecular complexity index is 456. The summed E-state index contributed by atoms with van der Waals surface area (Å²) >= 11 is 0. The summed E-state index contributed by atoms with van der Waals surface area (Å²) in [5.41, 5.74) is 7.39. The number of carbonyl (C=O) groups is 1. The van der Waals surface area contributed by atoms with E-state index in [1.165, 1.54) is 32.1 Å². The minimum absolute atomic E-state index is 0.105. The molecule has 4 nitrogen and oxygen atoms in total. The summed E-state index contributed by atoms with van der Waals surface area (Å²) in [5, 5.41) is 2.91. The van der Waals surface area contributed by atoms with E-state index in [1.807, 2.05) is 31.2 Å². The van der Waals surface area contributed by atoms with Crippen molar-refractivity contribution in [3.63, 3.8) is 0 Å². The molecule has 0 radical (unpaired) electrons. The molecule has 0 aliphatic heterocycles. The number of hydrogen-bond donors (Lipinski definition) is 2. The Morgan fingerprint density at radius 2 is 2.05 bits per heavy atom. The second kappa shape index (κ2) is 8.15. The second-order valence-corrected chi connectivity index (χ2v) is 5.83. The Balaban J connectivity index is 1.81. The van der Waals surface area contributed by atoms with E-state index in [1.54, 1.807) is 0 Å². The molecule has 1 amide bonds. The Morgan fingerprint density at radius 3 is 2.76 bits per heavy atom. The van der Waals surface area contributed by atoms with Crippen LogP contribution in [0.1, 0.15) is 44.6 Å². The van der Waals surface area contributed by atoms with Gasteiger partial charge >= 0.3 is 0 Å². The van der Waals surface area contributed by atoms with Crippen LogP contribution in [-0.4, -0.2) is 18.6 Å². The van der Waals surface area contributed by atoms with Crippen LogP contribution in [0, 0.1) is 5.92 Å². The van der Waals surface area contributed by atoms with Crippen molar-refractivity contribution in [3.8, 4) is 0 Å². The highest BCUT2D eigenvalue weighted by Gasteiger charge is 2.19. The highest BCUT2D eigenvalue weighted by Crippen LogP contribution is 2.24. The molecule has 1 fully saturated rings. The molecule has 1 atom stereocenters. The van der Waals surface area contributed by atoms with Crippen LogP contribution in [0.5, 0.6) is 0 Å². The normalized spacial score (nSPS) is 17.4. The zero-order chi connectivity index (χ0) is 15.1. The minimum atomic E-state index is -0.433. The van der Waals surface area contributed by atoms with Crippen LogP contribution in [0.4, 0.5) is 5.69 Å². The first kappa shape index (κ1) is 16.0. The molecule has 0 spiro atoms. The van der Waals surface area contributed by atoms with Gasteiger partial charge in [-0.3, -0.25) is 4.79 Å². The van der Waals surface area contributed by atoms with Gasteiger partial charge in [0.25, 0.3) is 5.91 Å². The van der Waals surface area contributed by atoms with Crippen molar-refractivity contribution in [2.45, 2.75) is 51.7 Å². The highest BCUT2D eigenvalue weighted by atomic mass is 16.5. The average molecular weight is 290 g/mol. The summed E-state index contributed by atoms with van der Waals surface area (Å²) in [6.07, 6.45) is 5.94. The third-order valence-electron chi connectivity index (χ3n) is 4.17. The maximum Gasteiger partial charge on any atom is 0.253 e. The first-order valence-corrected chi connectivity index (χ1v) is 7.91. The van der Waals surface area contributed by atoms with Crippen LogP contribution in [-0.2, 0) is 16.1 Å². The lowest BCUT2D eigenvalue weighted by molar-refractivity contribution is -0.127. The second-order valence-electron chi connectivity index (χ2n) is 5.83. The van der Waals surface area contributed by atoms with Gasteiger partial charge in [0.2, 0.25) is 0 Å². The average Bonchev–Trinajstić information content (AvgIpc) is 2.54. The molecule has 1 saturated carbocycles. The van der Waals surface area contributed by atoms with Crippen LogP contribution in [0.3, 0.4) is 0 Å². The van der Waals surface area contributed by atoms with E-state index in [2.05, 4.69) is 5.32 Å². The number of anilines is 1. The summed E-state index contributed by atoms with van der Waals surface area (Å²) in [5.74, 6) is 0.511. The van der Waals surface area contributed by atoms with Crippen LogP contribution in [0.15, 0.2) is 24.3 Å². The zero-order valence-corrected chi connectivity index (χ0v) is 12.8. The van der Waals surface area contributed by atoms with E-state index in [0.29, 0.717) is 19.1 Å². The molecular formula is C17H26N2O2. The monoisotopic (exact) mass is 290 g/mol. The highest BCUT2D eigenvalue weighted by molar-refractivity contribution is 5.94. The predicted molar refractivity (Wildman–Crippen MR) is 85.0 cm³/mol. The van der Waals surface area contributed by atoms with E-state index in [4.69, 9.17) is 10.5 Å². The van der Waals surface area contributed by atoms with Crippen molar-refractivity contribution >= 4 is 11.6 Å². The van der Waals surface area contributed by atoms with E-state index < -0.39 is 6.10 Å². The lowest BCUT2D eigenvalue weighted by Crippen LogP contribution is -2.30. The number of ether oxygens (including phenoxy) is 1. The zero-order valence-electron chi connectivity index (χ0n) is 12.8. The van der Waals surface area contributed by atoms with Gasteiger partial charge in [-0.1, -0.05) is 37.5 Å². The van der Waals surface area contributed by atoms with Gasteiger partial charge in [0.05, 0.1) is 6.61 Å². The van der Waals surface area contributed by atoms with Crippen LogP contribution in [0.2, 0.25) is 0 Å². The van der Waals surface area contributed by atoms with Crippen LogP contribution < -0.4 is 11.1 Å². The molecule has 0 aromatic heterocycles. The molecule has 1 aromatic carbocycles. The van der Waals surface area contributed by atoms with Crippen molar-refractivity contribution in [3.05, 3.63) is 29.8 Å². The standard InChI is InChI=1S/C17H26N2O2/c1-13(21-12-14-7-3-2-4-8-14)17(20)19-16-10-6-5-9-15(16)11-18/h5-6,9-10,13-14H,2-4,7-8,11-12,18H2,1H3,(H,19,20). The summed E-state index contributed by atoms with van der Waals surface area (Å²) in [6, 6.07) is 7.60. The number of hydrogen-bond acceptors (Lipinski definition) is 3. The Morgan fingerprint density at radius 1 is 1.33 bits per heavy atom. The molecule has 21 heavy (non-hydrogen) atoms. The molecule has 1 unspecified atom stereocenters. The molecule has 1 aromatic rings. The molecule has 1 aliphatic carbocycles. The number of benzene rings is 1. The fourth-order valence-electron chi connectivity index (χ4n) is 2.76.